The van der Waals surface area contributed by atoms with E-state index in [0.717, 1.165) is 6.54 Å². The molecule has 20 heavy (non-hydrogen) atoms. The lowest BCUT2D eigenvalue weighted by atomic mass is 9.76. The standard InChI is InChI=1S/C15H20N2O2S/c1-15-7-4-8-17(3)13(15)20-12-6-5-10(9-11(12)15)19-14(18)16-2/h5-6,9,13H,4,7-8H2,1-3H3,(H,16,18)/t13-,15+/m1/s1. The smallest absolute Gasteiger partial charge is 0.410 e. The molecular formula is C15H20N2O2S. The fourth-order valence-electron chi connectivity index (χ4n) is 3.31. The van der Waals surface area contributed by atoms with Crippen molar-refractivity contribution in [2.45, 2.75) is 35.4 Å². The highest BCUT2D eigenvalue weighted by Gasteiger charge is 2.47. The van der Waals surface area contributed by atoms with E-state index in [2.05, 4.69) is 30.3 Å². The van der Waals surface area contributed by atoms with Crippen LogP contribution < -0.4 is 10.1 Å². The van der Waals surface area contributed by atoms with Crippen molar-refractivity contribution in [2.75, 3.05) is 20.6 Å². The molecule has 0 aromatic heterocycles. The minimum Gasteiger partial charge on any atom is -0.410 e. The van der Waals surface area contributed by atoms with Gasteiger partial charge < -0.3 is 10.1 Å². The zero-order chi connectivity index (χ0) is 14.3. The maximum Gasteiger partial charge on any atom is 0.412 e. The number of nitrogens with zero attached hydrogens (tertiary/aromatic N) is 1. The fraction of sp³-hybridized carbons (Fsp3) is 0.533. The van der Waals surface area contributed by atoms with Crippen LogP contribution in [0, 0.1) is 0 Å². The third-order valence-corrected chi connectivity index (χ3v) is 6.09. The van der Waals surface area contributed by atoms with Gasteiger partial charge in [-0.05, 0) is 50.2 Å². The number of amides is 1. The topological polar surface area (TPSA) is 41.6 Å². The summed E-state index contributed by atoms with van der Waals surface area (Å²) in [5, 5.41) is 2.97. The lowest BCUT2D eigenvalue weighted by Gasteiger charge is -2.42. The number of carbonyl (C=O) groups is 1. The van der Waals surface area contributed by atoms with Crippen molar-refractivity contribution >= 4 is 17.9 Å². The number of piperidine rings is 1. The van der Waals surface area contributed by atoms with Gasteiger partial charge in [0.05, 0.1) is 5.37 Å². The Morgan fingerprint density at radius 1 is 1.55 bits per heavy atom. The van der Waals surface area contributed by atoms with Crippen molar-refractivity contribution in [1.82, 2.24) is 10.2 Å². The maximum atomic E-state index is 11.3. The predicted octanol–water partition coefficient (Wildman–Crippen LogP) is 2.82. The van der Waals surface area contributed by atoms with Crippen LogP contribution >= 0.6 is 11.8 Å². The molecule has 2 heterocycles. The first-order chi connectivity index (χ1) is 9.54. The van der Waals surface area contributed by atoms with E-state index in [1.807, 2.05) is 23.9 Å². The second kappa shape index (κ2) is 4.97. The van der Waals surface area contributed by atoms with Crippen molar-refractivity contribution in [3.05, 3.63) is 23.8 Å². The predicted molar refractivity (Wildman–Crippen MR) is 80.4 cm³/mol. The van der Waals surface area contributed by atoms with Crippen molar-refractivity contribution in [1.29, 1.82) is 0 Å². The zero-order valence-corrected chi connectivity index (χ0v) is 12.9. The van der Waals surface area contributed by atoms with Crippen LogP contribution in [0.25, 0.3) is 0 Å². The number of hydrogen-bond donors (Lipinski definition) is 1. The number of carbonyl (C=O) groups excluding carboxylic acids is 1. The van der Waals surface area contributed by atoms with E-state index < -0.39 is 6.09 Å². The highest BCUT2D eigenvalue weighted by molar-refractivity contribution is 8.00. The molecule has 5 heteroatoms. The van der Waals surface area contributed by atoms with Crippen LogP contribution in [-0.4, -0.2) is 37.0 Å². The maximum absolute atomic E-state index is 11.3. The Morgan fingerprint density at radius 3 is 3.10 bits per heavy atom. The van der Waals surface area contributed by atoms with E-state index in [0.29, 0.717) is 11.1 Å². The molecule has 2 atom stereocenters. The molecule has 2 aliphatic heterocycles. The second-order valence-electron chi connectivity index (χ2n) is 5.77. The number of hydrogen-bond acceptors (Lipinski definition) is 4. The van der Waals surface area contributed by atoms with E-state index in [4.69, 9.17) is 4.74 Å². The molecule has 0 radical (unpaired) electrons. The molecule has 108 valence electrons. The van der Waals surface area contributed by atoms with E-state index in [-0.39, 0.29) is 5.41 Å². The lowest BCUT2D eigenvalue weighted by molar-refractivity contribution is 0.167. The molecule has 1 amide bonds. The van der Waals surface area contributed by atoms with Crippen molar-refractivity contribution in [2.24, 2.45) is 0 Å². The molecule has 0 unspecified atom stereocenters. The number of rotatable bonds is 1. The summed E-state index contributed by atoms with van der Waals surface area (Å²) in [6.07, 6.45) is 1.98. The number of benzene rings is 1. The van der Waals surface area contributed by atoms with Crippen molar-refractivity contribution in [3.63, 3.8) is 0 Å². The molecule has 1 N–H and O–H groups in total. The van der Waals surface area contributed by atoms with Crippen LogP contribution in [0.5, 0.6) is 5.75 Å². The SMILES string of the molecule is CNC(=O)Oc1ccc2c(c1)[C@]1(C)CCCN(C)[C@@H]1S2. The quantitative estimate of drug-likeness (QED) is 0.864. The Morgan fingerprint density at radius 2 is 2.35 bits per heavy atom. The molecule has 4 nitrogen and oxygen atoms in total. The molecule has 1 aromatic rings. The average molecular weight is 292 g/mol. The molecule has 1 aromatic carbocycles. The minimum atomic E-state index is -0.418. The normalized spacial score (nSPS) is 28.6. The lowest BCUT2D eigenvalue weighted by Crippen LogP contribution is -2.47. The number of nitrogens with one attached hydrogen (secondary N) is 1. The van der Waals surface area contributed by atoms with Gasteiger partial charge in [-0.25, -0.2) is 4.79 Å². The molecule has 1 fully saturated rings. The molecule has 1 saturated heterocycles. The second-order valence-corrected chi connectivity index (χ2v) is 6.89. The monoisotopic (exact) mass is 292 g/mol. The van der Waals surface area contributed by atoms with Gasteiger partial charge in [0.2, 0.25) is 0 Å². The zero-order valence-electron chi connectivity index (χ0n) is 12.1. The van der Waals surface area contributed by atoms with Gasteiger partial charge in [-0.3, -0.25) is 4.90 Å². The van der Waals surface area contributed by atoms with E-state index >= 15 is 0 Å². The number of likely N-dealkylation sites (tertiary alicyclic amines) is 1. The molecule has 0 aliphatic carbocycles. The summed E-state index contributed by atoms with van der Waals surface area (Å²) in [5.41, 5.74) is 1.47. The third-order valence-electron chi connectivity index (χ3n) is 4.37. The number of thioether (sulfide) groups is 1. The van der Waals surface area contributed by atoms with Gasteiger partial charge in [0.15, 0.2) is 0 Å². The first-order valence-electron chi connectivity index (χ1n) is 6.95. The minimum absolute atomic E-state index is 0.148. The van der Waals surface area contributed by atoms with Gasteiger partial charge >= 0.3 is 6.09 Å². The summed E-state index contributed by atoms with van der Waals surface area (Å²) in [5.74, 6) is 0.624. The van der Waals surface area contributed by atoms with Crippen LogP contribution in [0.3, 0.4) is 0 Å². The Balaban J connectivity index is 1.95. The van der Waals surface area contributed by atoms with Gasteiger partial charge in [0.25, 0.3) is 0 Å². The largest absolute Gasteiger partial charge is 0.412 e. The fourth-order valence-corrected chi connectivity index (χ4v) is 4.91. The van der Waals surface area contributed by atoms with Crippen LogP contribution in [0.1, 0.15) is 25.3 Å². The number of likely N-dealkylation sites (N-methyl/N-ethyl adjacent to an activating group) is 1. The van der Waals surface area contributed by atoms with Gasteiger partial charge in [-0.15, -0.1) is 11.8 Å². The summed E-state index contributed by atoms with van der Waals surface area (Å²) < 4.78 is 5.27. The summed E-state index contributed by atoms with van der Waals surface area (Å²) in [6, 6.07) is 5.99. The van der Waals surface area contributed by atoms with Crippen LogP contribution in [-0.2, 0) is 5.41 Å². The van der Waals surface area contributed by atoms with E-state index in [1.165, 1.54) is 23.3 Å². The molecular weight excluding hydrogens is 272 g/mol. The van der Waals surface area contributed by atoms with Crippen LogP contribution in [0.4, 0.5) is 4.79 Å². The molecule has 3 rings (SSSR count). The van der Waals surface area contributed by atoms with Crippen molar-refractivity contribution in [3.8, 4) is 5.75 Å². The highest BCUT2D eigenvalue weighted by atomic mass is 32.2. The summed E-state index contributed by atoms with van der Waals surface area (Å²) in [4.78, 5) is 15.1. The first-order valence-corrected chi connectivity index (χ1v) is 7.83. The van der Waals surface area contributed by atoms with Crippen molar-refractivity contribution < 1.29 is 9.53 Å². The third kappa shape index (κ3) is 2.09. The van der Waals surface area contributed by atoms with Gasteiger partial charge in [-0.2, -0.15) is 0 Å². The Labute approximate surface area is 123 Å². The van der Waals surface area contributed by atoms with Crippen LogP contribution in [0.2, 0.25) is 0 Å². The number of fused-ring (bicyclic) bond motifs is 3. The molecule has 0 bridgehead atoms. The van der Waals surface area contributed by atoms with Gasteiger partial charge in [0.1, 0.15) is 5.75 Å². The summed E-state index contributed by atoms with van der Waals surface area (Å²) >= 11 is 1.93. The average Bonchev–Trinajstić information content (AvgIpc) is 2.73. The molecule has 0 saturated carbocycles. The summed E-state index contributed by atoms with van der Waals surface area (Å²) in [7, 11) is 3.77. The molecule has 0 spiro atoms. The van der Waals surface area contributed by atoms with Gasteiger partial charge in [0, 0.05) is 17.4 Å². The summed E-state index contributed by atoms with van der Waals surface area (Å²) in [6.45, 7) is 3.48. The van der Waals surface area contributed by atoms with Gasteiger partial charge in [-0.1, -0.05) is 6.92 Å². The Hall–Kier alpha value is -1.20. The Kier molecular flexibility index (Phi) is 3.42. The number of ether oxygens (including phenoxy) is 1. The van der Waals surface area contributed by atoms with Crippen LogP contribution in [0.15, 0.2) is 23.1 Å². The van der Waals surface area contributed by atoms with E-state index in [9.17, 15) is 4.79 Å². The molecule has 2 aliphatic rings. The highest BCUT2D eigenvalue weighted by Crippen LogP contribution is 2.55. The Bertz CT molecular complexity index is 549. The van der Waals surface area contributed by atoms with E-state index in [1.54, 1.807) is 7.05 Å². The first kappa shape index (κ1) is 13.8.